The van der Waals surface area contributed by atoms with Gasteiger partial charge in [-0.15, -0.1) is 0 Å². The van der Waals surface area contributed by atoms with E-state index < -0.39 is 0 Å². The van der Waals surface area contributed by atoms with Crippen LogP contribution in [-0.2, 0) is 18.9 Å². The molecule has 0 radical (unpaired) electrons. The summed E-state index contributed by atoms with van der Waals surface area (Å²) in [5, 5.41) is 0. The fraction of sp³-hybridized carbons (Fsp3) is 0.931. The Morgan fingerprint density at radius 2 is 0.879 bits per heavy atom. The summed E-state index contributed by atoms with van der Waals surface area (Å²) in [5.41, 5.74) is 0. The first kappa shape index (κ1) is 32.1. The number of hydrogen-bond acceptors (Lipinski definition) is 4. The SMILES string of the molecule is CCCCCCCCCCCC(OCCCCCCC)=C(OCCCCCCC)OCOC. The molecule has 0 unspecified atom stereocenters. The molecule has 0 heterocycles. The second kappa shape index (κ2) is 27.3. The van der Waals surface area contributed by atoms with Crippen molar-refractivity contribution in [3.63, 3.8) is 0 Å². The van der Waals surface area contributed by atoms with E-state index in [1.807, 2.05) is 0 Å². The van der Waals surface area contributed by atoms with Gasteiger partial charge in [-0.2, -0.15) is 0 Å². The summed E-state index contributed by atoms with van der Waals surface area (Å²) < 4.78 is 23.3. The van der Waals surface area contributed by atoms with Crippen LogP contribution in [-0.4, -0.2) is 27.1 Å². The summed E-state index contributed by atoms with van der Waals surface area (Å²) in [6.45, 7) is 8.40. The van der Waals surface area contributed by atoms with E-state index >= 15 is 0 Å². The van der Waals surface area contributed by atoms with Crippen molar-refractivity contribution in [2.45, 2.75) is 149 Å². The highest BCUT2D eigenvalue weighted by Gasteiger charge is 2.13. The maximum Gasteiger partial charge on any atom is 0.321 e. The van der Waals surface area contributed by atoms with Crippen molar-refractivity contribution in [1.29, 1.82) is 0 Å². The van der Waals surface area contributed by atoms with Crippen LogP contribution in [0.5, 0.6) is 0 Å². The molecule has 0 saturated carbocycles. The lowest BCUT2D eigenvalue weighted by atomic mass is 10.1. The molecule has 4 nitrogen and oxygen atoms in total. The van der Waals surface area contributed by atoms with Crippen LogP contribution in [0.15, 0.2) is 11.7 Å². The molecule has 0 aliphatic carbocycles. The molecule has 0 atom stereocenters. The highest BCUT2D eigenvalue weighted by Crippen LogP contribution is 2.20. The van der Waals surface area contributed by atoms with Crippen LogP contribution in [0.3, 0.4) is 0 Å². The number of ether oxygens (including phenoxy) is 4. The minimum atomic E-state index is 0.201. The summed E-state index contributed by atoms with van der Waals surface area (Å²) in [5.74, 6) is 1.44. The number of unbranched alkanes of at least 4 members (excludes halogenated alkanes) is 16. The maximum atomic E-state index is 6.22. The molecular formula is C29H58O4. The number of allylic oxidation sites excluding steroid dienone is 1. The lowest BCUT2D eigenvalue weighted by molar-refractivity contribution is -0.0692. The molecular weight excluding hydrogens is 412 g/mol. The van der Waals surface area contributed by atoms with E-state index in [9.17, 15) is 0 Å². The van der Waals surface area contributed by atoms with Gasteiger partial charge in [0.25, 0.3) is 0 Å². The van der Waals surface area contributed by atoms with E-state index in [0.29, 0.717) is 12.6 Å². The summed E-state index contributed by atoms with van der Waals surface area (Å²) >= 11 is 0. The Kier molecular flexibility index (Phi) is 26.6. The minimum absolute atomic E-state index is 0.201. The Bertz CT molecular complexity index is 408. The summed E-state index contributed by atoms with van der Waals surface area (Å²) in [4.78, 5) is 0. The van der Waals surface area contributed by atoms with Gasteiger partial charge >= 0.3 is 5.95 Å². The Morgan fingerprint density at radius 3 is 1.36 bits per heavy atom. The Hall–Kier alpha value is -0.900. The van der Waals surface area contributed by atoms with Gasteiger partial charge in [-0.05, 0) is 19.3 Å². The molecule has 0 aliphatic rings. The molecule has 0 fully saturated rings. The van der Waals surface area contributed by atoms with E-state index in [1.165, 1.54) is 103 Å². The van der Waals surface area contributed by atoms with E-state index in [-0.39, 0.29) is 6.79 Å². The van der Waals surface area contributed by atoms with Gasteiger partial charge in [0.15, 0.2) is 12.6 Å². The van der Waals surface area contributed by atoms with Crippen molar-refractivity contribution in [1.82, 2.24) is 0 Å². The van der Waals surface area contributed by atoms with Gasteiger partial charge in [-0.3, -0.25) is 0 Å². The number of hydrogen-bond donors (Lipinski definition) is 0. The second-order valence-electron chi connectivity index (χ2n) is 9.37. The predicted octanol–water partition coefficient (Wildman–Crippen LogP) is 9.67. The topological polar surface area (TPSA) is 36.9 Å². The molecule has 4 heteroatoms. The monoisotopic (exact) mass is 470 g/mol. The largest absolute Gasteiger partial charge is 0.491 e. The summed E-state index contributed by atoms with van der Waals surface area (Å²) in [6.07, 6.45) is 25.1. The number of methoxy groups -OCH3 is 1. The normalized spacial score (nSPS) is 12.0. The van der Waals surface area contributed by atoms with Gasteiger partial charge in [-0.1, -0.05) is 124 Å². The molecule has 0 aliphatic heterocycles. The average molecular weight is 471 g/mol. The molecule has 0 N–H and O–H groups in total. The van der Waals surface area contributed by atoms with Crippen LogP contribution in [0.2, 0.25) is 0 Å². The fourth-order valence-corrected chi connectivity index (χ4v) is 3.92. The first-order chi connectivity index (χ1) is 16.3. The third kappa shape index (κ3) is 22.6. The van der Waals surface area contributed by atoms with Gasteiger partial charge in [0.2, 0.25) is 0 Å². The van der Waals surface area contributed by atoms with Crippen LogP contribution in [0.4, 0.5) is 0 Å². The van der Waals surface area contributed by atoms with Crippen LogP contribution >= 0.6 is 0 Å². The molecule has 198 valence electrons. The lowest BCUT2D eigenvalue weighted by Crippen LogP contribution is -2.09. The van der Waals surface area contributed by atoms with Crippen molar-refractivity contribution in [2.24, 2.45) is 0 Å². The lowest BCUT2D eigenvalue weighted by Gasteiger charge is -2.17. The molecule has 0 spiro atoms. The molecule has 0 rings (SSSR count). The quantitative estimate of drug-likeness (QED) is 0.0680. The Morgan fingerprint density at radius 1 is 0.455 bits per heavy atom. The zero-order chi connectivity index (χ0) is 24.2. The van der Waals surface area contributed by atoms with Crippen LogP contribution in [0, 0.1) is 0 Å². The average Bonchev–Trinajstić information content (AvgIpc) is 2.83. The standard InChI is InChI=1S/C29H58O4/c1-5-8-11-14-15-16-17-18-21-24-28(31-25-22-19-12-9-6-2)29(33-27-30-4)32-26-23-20-13-10-7-3/h5-27H2,1-4H3. The van der Waals surface area contributed by atoms with Crippen LogP contribution in [0.25, 0.3) is 0 Å². The molecule has 33 heavy (non-hydrogen) atoms. The van der Waals surface area contributed by atoms with Crippen molar-refractivity contribution < 1.29 is 18.9 Å². The Balaban J connectivity index is 4.57. The number of rotatable bonds is 27. The predicted molar refractivity (Wildman–Crippen MR) is 141 cm³/mol. The van der Waals surface area contributed by atoms with Crippen molar-refractivity contribution >= 4 is 0 Å². The van der Waals surface area contributed by atoms with Gasteiger partial charge in [-0.25, -0.2) is 0 Å². The fourth-order valence-electron chi connectivity index (χ4n) is 3.92. The van der Waals surface area contributed by atoms with Gasteiger partial charge in [0.05, 0.1) is 13.2 Å². The van der Waals surface area contributed by atoms with Gasteiger partial charge in [0.1, 0.15) is 0 Å². The smallest absolute Gasteiger partial charge is 0.321 e. The third-order valence-electron chi connectivity index (χ3n) is 6.05. The summed E-state index contributed by atoms with van der Waals surface area (Å²) in [7, 11) is 1.65. The molecule has 0 amide bonds. The molecule has 0 saturated heterocycles. The first-order valence-electron chi connectivity index (χ1n) is 14.4. The first-order valence-corrected chi connectivity index (χ1v) is 14.4. The van der Waals surface area contributed by atoms with Crippen molar-refractivity contribution in [3.05, 3.63) is 11.7 Å². The van der Waals surface area contributed by atoms with Gasteiger partial charge < -0.3 is 18.9 Å². The summed E-state index contributed by atoms with van der Waals surface area (Å²) in [6, 6.07) is 0. The van der Waals surface area contributed by atoms with Gasteiger partial charge in [0, 0.05) is 13.5 Å². The minimum Gasteiger partial charge on any atom is -0.491 e. The highest BCUT2D eigenvalue weighted by atomic mass is 16.7. The van der Waals surface area contributed by atoms with E-state index in [1.54, 1.807) is 7.11 Å². The van der Waals surface area contributed by atoms with E-state index in [4.69, 9.17) is 18.9 Å². The van der Waals surface area contributed by atoms with Crippen LogP contribution < -0.4 is 0 Å². The zero-order valence-electron chi connectivity index (χ0n) is 22.9. The third-order valence-corrected chi connectivity index (χ3v) is 6.05. The van der Waals surface area contributed by atoms with E-state index in [2.05, 4.69) is 20.8 Å². The van der Waals surface area contributed by atoms with Crippen molar-refractivity contribution in [2.75, 3.05) is 27.1 Å². The Labute approximate surface area is 207 Å². The molecule has 0 bridgehead atoms. The molecule has 0 aromatic rings. The highest BCUT2D eigenvalue weighted by molar-refractivity contribution is 4.95. The molecule has 0 aromatic heterocycles. The van der Waals surface area contributed by atoms with Crippen LogP contribution in [0.1, 0.15) is 149 Å². The molecule has 0 aromatic carbocycles. The maximum absolute atomic E-state index is 6.22. The second-order valence-corrected chi connectivity index (χ2v) is 9.37. The van der Waals surface area contributed by atoms with E-state index in [0.717, 1.165) is 38.0 Å². The van der Waals surface area contributed by atoms with Crippen molar-refractivity contribution in [3.8, 4) is 0 Å². The zero-order valence-corrected chi connectivity index (χ0v) is 22.9.